The Labute approximate surface area is 103 Å². The van der Waals surface area contributed by atoms with Crippen molar-refractivity contribution in [2.75, 3.05) is 6.54 Å². The lowest BCUT2D eigenvalue weighted by molar-refractivity contribution is 0.466. The maximum Gasteiger partial charge on any atom is 0.0943 e. The van der Waals surface area contributed by atoms with Crippen LogP contribution in [0.25, 0.3) is 0 Å². The molecule has 0 aliphatic carbocycles. The SMILES string of the molecule is CCCCCC(Cc1nc(C)cs1)NCC. The number of nitrogens with one attached hydrogen (secondary N) is 1. The molecule has 0 aliphatic rings. The van der Waals surface area contributed by atoms with Gasteiger partial charge >= 0.3 is 0 Å². The molecule has 1 unspecified atom stereocenters. The molecule has 0 bridgehead atoms. The second-order valence-electron chi connectivity index (χ2n) is 4.34. The summed E-state index contributed by atoms with van der Waals surface area (Å²) in [5.41, 5.74) is 1.16. The van der Waals surface area contributed by atoms with Crippen molar-refractivity contribution in [1.82, 2.24) is 10.3 Å². The Kier molecular flexibility index (Phi) is 6.65. The van der Waals surface area contributed by atoms with E-state index in [1.54, 1.807) is 11.3 Å². The third-order valence-electron chi connectivity index (χ3n) is 2.74. The van der Waals surface area contributed by atoms with Gasteiger partial charge in [-0.2, -0.15) is 0 Å². The molecule has 16 heavy (non-hydrogen) atoms. The number of rotatable bonds is 8. The van der Waals surface area contributed by atoms with E-state index in [4.69, 9.17) is 0 Å². The second-order valence-corrected chi connectivity index (χ2v) is 5.28. The van der Waals surface area contributed by atoms with E-state index in [0.717, 1.165) is 18.7 Å². The van der Waals surface area contributed by atoms with E-state index in [0.29, 0.717) is 6.04 Å². The maximum absolute atomic E-state index is 4.54. The fourth-order valence-corrected chi connectivity index (χ4v) is 2.77. The van der Waals surface area contributed by atoms with E-state index in [-0.39, 0.29) is 0 Å². The summed E-state index contributed by atoms with van der Waals surface area (Å²) in [4.78, 5) is 4.54. The zero-order chi connectivity index (χ0) is 11.8. The van der Waals surface area contributed by atoms with E-state index in [9.17, 15) is 0 Å². The molecule has 1 atom stereocenters. The summed E-state index contributed by atoms with van der Waals surface area (Å²) in [7, 11) is 0. The van der Waals surface area contributed by atoms with Crippen molar-refractivity contribution in [3.63, 3.8) is 0 Å². The van der Waals surface area contributed by atoms with Crippen molar-refractivity contribution in [2.45, 2.75) is 58.9 Å². The van der Waals surface area contributed by atoms with Gasteiger partial charge in [0.15, 0.2) is 0 Å². The second kappa shape index (κ2) is 7.80. The molecule has 0 aromatic carbocycles. The van der Waals surface area contributed by atoms with Crippen molar-refractivity contribution in [3.05, 3.63) is 16.1 Å². The smallest absolute Gasteiger partial charge is 0.0943 e. The van der Waals surface area contributed by atoms with Gasteiger partial charge < -0.3 is 5.32 Å². The van der Waals surface area contributed by atoms with Gasteiger partial charge in [0, 0.05) is 23.5 Å². The van der Waals surface area contributed by atoms with Crippen LogP contribution in [0.1, 0.15) is 50.2 Å². The fraction of sp³-hybridized carbons (Fsp3) is 0.769. The van der Waals surface area contributed by atoms with Crippen molar-refractivity contribution in [1.29, 1.82) is 0 Å². The maximum atomic E-state index is 4.54. The lowest BCUT2D eigenvalue weighted by atomic mass is 10.1. The van der Waals surface area contributed by atoms with Crippen molar-refractivity contribution in [2.24, 2.45) is 0 Å². The van der Waals surface area contributed by atoms with Crippen LogP contribution in [0.15, 0.2) is 5.38 Å². The summed E-state index contributed by atoms with van der Waals surface area (Å²) < 4.78 is 0. The first-order valence-corrected chi connectivity index (χ1v) is 7.28. The summed E-state index contributed by atoms with van der Waals surface area (Å²) in [6.07, 6.45) is 6.35. The molecule has 0 fully saturated rings. The van der Waals surface area contributed by atoms with Crippen LogP contribution in [-0.4, -0.2) is 17.6 Å². The normalized spacial score (nSPS) is 12.9. The van der Waals surface area contributed by atoms with Gasteiger partial charge in [-0.3, -0.25) is 0 Å². The first-order chi connectivity index (χ1) is 7.76. The number of unbranched alkanes of at least 4 members (excludes halogenated alkanes) is 2. The number of thiazole rings is 1. The van der Waals surface area contributed by atoms with E-state index in [2.05, 4.69) is 36.5 Å². The third kappa shape index (κ3) is 5.08. The Morgan fingerprint density at radius 3 is 2.75 bits per heavy atom. The number of aryl methyl sites for hydroxylation is 1. The van der Waals surface area contributed by atoms with Gasteiger partial charge in [0.05, 0.1) is 5.01 Å². The summed E-state index contributed by atoms with van der Waals surface area (Å²) in [5, 5.41) is 6.99. The zero-order valence-electron chi connectivity index (χ0n) is 10.8. The Morgan fingerprint density at radius 1 is 1.38 bits per heavy atom. The summed E-state index contributed by atoms with van der Waals surface area (Å²) in [6, 6.07) is 0.613. The van der Waals surface area contributed by atoms with Crippen LogP contribution in [0.3, 0.4) is 0 Å². The highest BCUT2D eigenvalue weighted by atomic mass is 32.1. The van der Waals surface area contributed by atoms with E-state index in [1.165, 1.54) is 30.7 Å². The van der Waals surface area contributed by atoms with Crippen LogP contribution in [0, 0.1) is 6.92 Å². The summed E-state index contributed by atoms with van der Waals surface area (Å²) >= 11 is 1.79. The summed E-state index contributed by atoms with van der Waals surface area (Å²) in [5.74, 6) is 0. The van der Waals surface area contributed by atoms with Gasteiger partial charge in [0.25, 0.3) is 0 Å². The van der Waals surface area contributed by atoms with Crippen LogP contribution < -0.4 is 5.32 Å². The van der Waals surface area contributed by atoms with Crippen LogP contribution in [0.5, 0.6) is 0 Å². The number of hydrogen-bond acceptors (Lipinski definition) is 3. The molecule has 3 heteroatoms. The molecule has 0 saturated heterocycles. The molecule has 0 aliphatic heterocycles. The molecule has 1 aromatic heterocycles. The first kappa shape index (κ1) is 13.7. The van der Waals surface area contributed by atoms with E-state index < -0.39 is 0 Å². The average molecular weight is 240 g/mol. The van der Waals surface area contributed by atoms with Gasteiger partial charge in [0.1, 0.15) is 0 Å². The minimum atomic E-state index is 0.613. The Bertz CT molecular complexity index is 283. The number of likely N-dealkylation sites (N-methyl/N-ethyl adjacent to an activating group) is 1. The predicted molar refractivity (Wildman–Crippen MR) is 72.2 cm³/mol. The highest BCUT2D eigenvalue weighted by Crippen LogP contribution is 2.14. The zero-order valence-corrected chi connectivity index (χ0v) is 11.6. The molecule has 0 amide bonds. The van der Waals surface area contributed by atoms with Crippen LogP contribution in [-0.2, 0) is 6.42 Å². The van der Waals surface area contributed by atoms with Crippen LogP contribution in [0.4, 0.5) is 0 Å². The largest absolute Gasteiger partial charge is 0.314 e. The fourth-order valence-electron chi connectivity index (χ4n) is 1.91. The number of hydrogen-bond donors (Lipinski definition) is 1. The Balaban J connectivity index is 2.37. The van der Waals surface area contributed by atoms with Gasteiger partial charge in [-0.1, -0.05) is 33.1 Å². The predicted octanol–water partition coefficient (Wildman–Crippen LogP) is 3.55. The van der Waals surface area contributed by atoms with Crippen molar-refractivity contribution in [3.8, 4) is 0 Å². The molecule has 0 radical (unpaired) electrons. The van der Waals surface area contributed by atoms with Crippen molar-refractivity contribution >= 4 is 11.3 Å². The molecule has 92 valence electrons. The van der Waals surface area contributed by atoms with Crippen LogP contribution >= 0.6 is 11.3 Å². The molecular weight excluding hydrogens is 216 g/mol. The Morgan fingerprint density at radius 2 is 2.19 bits per heavy atom. The molecule has 0 saturated carbocycles. The standard InChI is InChI=1S/C13H24N2S/c1-4-6-7-8-12(14-5-2)9-13-15-11(3)10-16-13/h10,12,14H,4-9H2,1-3H3. The molecule has 2 nitrogen and oxygen atoms in total. The topological polar surface area (TPSA) is 24.9 Å². The van der Waals surface area contributed by atoms with Gasteiger partial charge in [-0.05, 0) is 19.9 Å². The molecule has 1 aromatic rings. The molecule has 1 rings (SSSR count). The van der Waals surface area contributed by atoms with Gasteiger partial charge in [0.2, 0.25) is 0 Å². The summed E-state index contributed by atoms with van der Waals surface area (Å²) in [6.45, 7) is 7.56. The Hall–Kier alpha value is -0.410. The van der Waals surface area contributed by atoms with Gasteiger partial charge in [-0.15, -0.1) is 11.3 Å². The van der Waals surface area contributed by atoms with Gasteiger partial charge in [-0.25, -0.2) is 4.98 Å². The lowest BCUT2D eigenvalue weighted by Crippen LogP contribution is -2.30. The number of nitrogens with zero attached hydrogens (tertiary/aromatic N) is 1. The minimum absolute atomic E-state index is 0.613. The quantitative estimate of drug-likeness (QED) is 0.703. The van der Waals surface area contributed by atoms with E-state index >= 15 is 0 Å². The third-order valence-corrected chi connectivity index (χ3v) is 3.73. The molecule has 1 heterocycles. The molecule has 1 N–H and O–H groups in total. The van der Waals surface area contributed by atoms with E-state index in [1.807, 2.05) is 0 Å². The molecular formula is C13H24N2S. The highest BCUT2D eigenvalue weighted by Gasteiger charge is 2.10. The number of aromatic nitrogens is 1. The monoisotopic (exact) mass is 240 g/mol. The minimum Gasteiger partial charge on any atom is -0.314 e. The highest BCUT2D eigenvalue weighted by molar-refractivity contribution is 7.09. The lowest BCUT2D eigenvalue weighted by Gasteiger charge is -2.16. The molecule has 0 spiro atoms. The first-order valence-electron chi connectivity index (χ1n) is 6.40. The van der Waals surface area contributed by atoms with Crippen LogP contribution in [0.2, 0.25) is 0 Å². The van der Waals surface area contributed by atoms with Crippen molar-refractivity contribution < 1.29 is 0 Å². The average Bonchev–Trinajstić information content (AvgIpc) is 2.65.